The summed E-state index contributed by atoms with van der Waals surface area (Å²) in [5, 5.41) is 15.5. The first-order chi connectivity index (χ1) is 12.3. The molecule has 1 heterocycles. The van der Waals surface area contributed by atoms with E-state index in [2.05, 4.69) is 11.0 Å². The minimum atomic E-state index is -1.82. The zero-order chi connectivity index (χ0) is 19.5. The van der Waals surface area contributed by atoms with E-state index >= 15 is 0 Å². The fourth-order valence-corrected chi connectivity index (χ4v) is 2.90. The molecule has 8 heteroatoms. The third-order valence-electron chi connectivity index (χ3n) is 3.78. The molecule has 0 aromatic heterocycles. The van der Waals surface area contributed by atoms with E-state index in [9.17, 15) is 0 Å². The van der Waals surface area contributed by atoms with E-state index in [-0.39, 0.29) is 0 Å². The lowest BCUT2D eigenvalue weighted by Crippen LogP contribution is -2.36. The van der Waals surface area contributed by atoms with Crippen molar-refractivity contribution < 1.29 is 29.3 Å². The van der Waals surface area contributed by atoms with Crippen LogP contribution in [0.4, 0.5) is 0 Å². The highest BCUT2D eigenvalue weighted by atomic mass is 35.5. The fourth-order valence-electron chi connectivity index (χ4n) is 2.52. The monoisotopic (exact) mass is 387 g/mol. The maximum Gasteiger partial charge on any atom is 0.414 e. The van der Waals surface area contributed by atoms with E-state index in [0.717, 1.165) is 68.6 Å². The van der Waals surface area contributed by atoms with Crippen LogP contribution in [0.5, 0.6) is 5.75 Å². The second-order valence-corrected chi connectivity index (χ2v) is 6.42. The number of carboxylic acids is 2. The molecule has 0 unspecified atom stereocenters. The molecule has 0 amide bonds. The summed E-state index contributed by atoms with van der Waals surface area (Å²) in [5.41, 5.74) is 2.29. The first-order valence-corrected chi connectivity index (χ1v) is 8.85. The number of unbranched alkanes of at least 4 members (excludes halogenated alkanes) is 1. The molecule has 1 fully saturated rings. The standard InChI is InChI=1S/C16H24ClNO2.C2H2O4/c1-13-11-14(2)16(15(17)12-13)20-8-4-3-5-18-6-9-19-10-7-18;3-1(4)2(5)6/h11-12H,3-10H2,1-2H3;(H,3,4)(H,5,6). The molecule has 1 aliphatic rings. The summed E-state index contributed by atoms with van der Waals surface area (Å²) in [5.74, 6) is -2.81. The van der Waals surface area contributed by atoms with Crippen LogP contribution < -0.4 is 4.74 Å². The summed E-state index contributed by atoms with van der Waals surface area (Å²) >= 11 is 6.22. The summed E-state index contributed by atoms with van der Waals surface area (Å²) in [4.78, 5) is 20.7. The van der Waals surface area contributed by atoms with Gasteiger partial charge in [-0.25, -0.2) is 9.59 Å². The molecule has 2 rings (SSSR count). The number of aryl methyl sites for hydroxylation is 2. The summed E-state index contributed by atoms with van der Waals surface area (Å²) in [6.45, 7) is 9.81. The minimum absolute atomic E-state index is 0.718. The number of ether oxygens (including phenoxy) is 2. The predicted molar refractivity (Wildman–Crippen MR) is 98.2 cm³/mol. The summed E-state index contributed by atoms with van der Waals surface area (Å²) < 4.78 is 11.2. The van der Waals surface area contributed by atoms with Gasteiger partial charge in [0.2, 0.25) is 0 Å². The molecule has 2 N–H and O–H groups in total. The van der Waals surface area contributed by atoms with Crippen LogP contribution in [-0.2, 0) is 14.3 Å². The van der Waals surface area contributed by atoms with E-state index in [1.54, 1.807) is 0 Å². The highest BCUT2D eigenvalue weighted by Crippen LogP contribution is 2.29. The van der Waals surface area contributed by atoms with E-state index in [4.69, 9.17) is 40.9 Å². The lowest BCUT2D eigenvalue weighted by atomic mass is 10.1. The van der Waals surface area contributed by atoms with Gasteiger partial charge in [0.05, 0.1) is 24.8 Å². The van der Waals surface area contributed by atoms with Crippen LogP contribution in [0, 0.1) is 13.8 Å². The molecular weight excluding hydrogens is 362 g/mol. The van der Waals surface area contributed by atoms with Gasteiger partial charge in [0, 0.05) is 13.1 Å². The smallest absolute Gasteiger partial charge is 0.414 e. The Hall–Kier alpha value is -1.83. The van der Waals surface area contributed by atoms with Crippen molar-refractivity contribution in [1.29, 1.82) is 0 Å². The molecule has 1 aromatic rings. The van der Waals surface area contributed by atoms with Gasteiger partial charge in [0.25, 0.3) is 0 Å². The summed E-state index contributed by atoms with van der Waals surface area (Å²) in [7, 11) is 0. The van der Waals surface area contributed by atoms with Crippen molar-refractivity contribution in [2.24, 2.45) is 0 Å². The van der Waals surface area contributed by atoms with Crippen LogP contribution in [0.15, 0.2) is 12.1 Å². The first kappa shape index (κ1) is 22.2. The van der Waals surface area contributed by atoms with Crippen LogP contribution in [-0.4, -0.2) is 66.5 Å². The van der Waals surface area contributed by atoms with Crippen molar-refractivity contribution in [3.63, 3.8) is 0 Å². The number of nitrogens with zero attached hydrogens (tertiary/aromatic N) is 1. The van der Waals surface area contributed by atoms with Crippen molar-refractivity contribution in [3.05, 3.63) is 28.3 Å². The quantitative estimate of drug-likeness (QED) is 0.572. The number of carboxylic acid groups (broad SMARTS) is 2. The molecule has 0 atom stereocenters. The van der Waals surface area contributed by atoms with Gasteiger partial charge in [-0.2, -0.15) is 0 Å². The van der Waals surface area contributed by atoms with Crippen LogP contribution >= 0.6 is 11.6 Å². The minimum Gasteiger partial charge on any atom is -0.492 e. The Bertz CT molecular complexity index is 566. The topological polar surface area (TPSA) is 96.3 Å². The van der Waals surface area contributed by atoms with Gasteiger partial charge in [-0.05, 0) is 50.4 Å². The Kier molecular flexibility index (Phi) is 10.0. The molecule has 0 aliphatic carbocycles. The lowest BCUT2D eigenvalue weighted by Gasteiger charge is -2.26. The van der Waals surface area contributed by atoms with Gasteiger partial charge < -0.3 is 19.7 Å². The van der Waals surface area contributed by atoms with Gasteiger partial charge in [-0.1, -0.05) is 17.7 Å². The molecule has 0 spiro atoms. The van der Waals surface area contributed by atoms with Crippen molar-refractivity contribution in [2.45, 2.75) is 26.7 Å². The van der Waals surface area contributed by atoms with Crippen LogP contribution in [0.1, 0.15) is 24.0 Å². The number of carbonyl (C=O) groups is 2. The van der Waals surface area contributed by atoms with Gasteiger partial charge in [-0.3, -0.25) is 4.90 Å². The lowest BCUT2D eigenvalue weighted by molar-refractivity contribution is -0.159. The van der Waals surface area contributed by atoms with E-state index in [0.29, 0.717) is 0 Å². The number of halogens is 1. The highest BCUT2D eigenvalue weighted by molar-refractivity contribution is 6.32. The largest absolute Gasteiger partial charge is 0.492 e. The average Bonchev–Trinajstić information content (AvgIpc) is 2.58. The molecule has 0 saturated carbocycles. The average molecular weight is 388 g/mol. The molecular formula is C18H26ClNO6. The number of rotatable bonds is 6. The van der Waals surface area contributed by atoms with Crippen molar-refractivity contribution in [1.82, 2.24) is 4.90 Å². The van der Waals surface area contributed by atoms with Crippen molar-refractivity contribution >= 4 is 23.5 Å². The molecule has 7 nitrogen and oxygen atoms in total. The summed E-state index contributed by atoms with van der Waals surface area (Å²) in [6.07, 6.45) is 2.21. The van der Waals surface area contributed by atoms with Gasteiger partial charge in [0.1, 0.15) is 5.75 Å². The molecule has 0 bridgehead atoms. The second-order valence-electron chi connectivity index (χ2n) is 6.01. The number of hydrogen-bond donors (Lipinski definition) is 2. The Morgan fingerprint density at radius 1 is 1.15 bits per heavy atom. The van der Waals surface area contributed by atoms with E-state index in [1.165, 1.54) is 5.56 Å². The molecule has 1 aliphatic heterocycles. The van der Waals surface area contributed by atoms with Crippen molar-refractivity contribution in [3.8, 4) is 5.75 Å². The molecule has 26 heavy (non-hydrogen) atoms. The van der Waals surface area contributed by atoms with Gasteiger partial charge in [0.15, 0.2) is 0 Å². The Labute approximate surface area is 158 Å². The Balaban J connectivity index is 0.000000487. The number of hydrogen-bond acceptors (Lipinski definition) is 5. The fraction of sp³-hybridized carbons (Fsp3) is 0.556. The second kappa shape index (κ2) is 11.7. The first-order valence-electron chi connectivity index (χ1n) is 8.47. The zero-order valence-electron chi connectivity index (χ0n) is 15.2. The number of benzene rings is 1. The van der Waals surface area contributed by atoms with Crippen LogP contribution in [0.3, 0.4) is 0 Å². The number of aliphatic carboxylic acids is 2. The van der Waals surface area contributed by atoms with E-state index in [1.807, 2.05) is 19.9 Å². The summed E-state index contributed by atoms with van der Waals surface area (Å²) in [6, 6.07) is 4.06. The molecule has 0 radical (unpaired) electrons. The Morgan fingerprint density at radius 3 is 2.31 bits per heavy atom. The third-order valence-corrected chi connectivity index (χ3v) is 4.06. The molecule has 1 aromatic carbocycles. The molecule has 1 saturated heterocycles. The maximum atomic E-state index is 9.10. The van der Waals surface area contributed by atoms with Crippen LogP contribution in [0.25, 0.3) is 0 Å². The van der Waals surface area contributed by atoms with Crippen molar-refractivity contribution in [2.75, 3.05) is 39.5 Å². The van der Waals surface area contributed by atoms with E-state index < -0.39 is 11.9 Å². The number of morpholine rings is 1. The van der Waals surface area contributed by atoms with Gasteiger partial charge in [-0.15, -0.1) is 0 Å². The maximum absolute atomic E-state index is 9.10. The third kappa shape index (κ3) is 8.51. The normalized spacial score (nSPS) is 14.3. The van der Waals surface area contributed by atoms with Gasteiger partial charge >= 0.3 is 11.9 Å². The highest BCUT2D eigenvalue weighted by Gasteiger charge is 2.10. The zero-order valence-corrected chi connectivity index (χ0v) is 15.9. The van der Waals surface area contributed by atoms with Crippen LogP contribution in [0.2, 0.25) is 5.02 Å². The SMILES string of the molecule is Cc1cc(C)c(OCCCCN2CCOCC2)c(Cl)c1.O=C(O)C(=O)O. The Morgan fingerprint density at radius 2 is 1.77 bits per heavy atom. The molecule has 146 valence electrons. The predicted octanol–water partition coefficient (Wildman–Crippen LogP) is 2.60.